The Morgan fingerprint density at radius 2 is 1.69 bits per heavy atom. The average Bonchev–Trinajstić information content (AvgIpc) is 2.69. The van der Waals surface area contributed by atoms with Crippen LogP contribution in [0.1, 0.15) is 10.4 Å². The summed E-state index contributed by atoms with van der Waals surface area (Å²) < 4.78 is 72.2. The van der Waals surface area contributed by atoms with Gasteiger partial charge in [-0.15, -0.1) is 0 Å². The van der Waals surface area contributed by atoms with Crippen molar-refractivity contribution in [1.29, 1.82) is 0 Å². The molecule has 0 spiro atoms. The molecule has 12 heteroatoms. The van der Waals surface area contributed by atoms with Crippen molar-refractivity contribution in [3.8, 4) is 0 Å². The minimum absolute atomic E-state index is 0.100. The maximum Gasteiger partial charge on any atom is 0.257 e. The van der Waals surface area contributed by atoms with Gasteiger partial charge >= 0.3 is 0 Å². The van der Waals surface area contributed by atoms with E-state index in [1.165, 1.54) is 0 Å². The molecule has 29 heavy (non-hydrogen) atoms. The Kier molecular flexibility index (Phi) is 6.39. The molecule has 0 aliphatic carbocycles. The normalized spacial score (nSPS) is 15.3. The van der Waals surface area contributed by atoms with E-state index in [0.717, 1.165) is 22.5 Å². The van der Waals surface area contributed by atoms with Gasteiger partial charge in [-0.2, -0.15) is 4.31 Å². The Hall–Kier alpha value is -1.85. The molecule has 1 saturated heterocycles. The summed E-state index contributed by atoms with van der Waals surface area (Å²) in [5, 5.41) is 1.61. The monoisotopic (exact) mass is 468 g/mol. The third-order valence-corrected chi connectivity index (χ3v) is 6.81. The van der Waals surface area contributed by atoms with Gasteiger partial charge in [0.1, 0.15) is 4.90 Å². The summed E-state index contributed by atoms with van der Waals surface area (Å²) in [6, 6.07) is 3.46. The lowest BCUT2D eigenvalue weighted by Crippen LogP contribution is -2.40. The Morgan fingerprint density at radius 3 is 2.34 bits per heavy atom. The lowest BCUT2D eigenvalue weighted by molar-refractivity contribution is 0.0730. The molecule has 1 heterocycles. The van der Waals surface area contributed by atoms with Crippen molar-refractivity contribution < 1.29 is 31.1 Å². The van der Waals surface area contributed by atoms with Crippen LogP contribution >= 0.6 is 23.2 Å². The van der Waals surface area contributed by atoms with Gasteiger partial charge < -0.3 is 10.1 Å². The number of ether oxygens (including phenoxy) is 1. The number of benzene rings is 2. The second-order valence-corrected chi connectivity index (χ2v) is 8.68. The maximum atomic E-state index is 13.8. The molecular formula is C17H13Cl2F3N2O4S. The minimum Gasteiger partial charge on any atom is -0.379 e. The maximum absolute atomic E-state index is 13.8. The van der Waals surface area contributed by atoms with Crippen molar-refractivity contribution in [3.63, 3.8) is 0 Å². The van der Waals surface area contributed by atoms with E-state index in [1.807, 2.05) is 5.32 Å². The molecule has 2 aromatic carbocycles. The number of hydrogen-bond donors (Lipinski definition) is 1. The molecule has 1 amide bonds. The number of carbonyl (C=O) groups is 1. The molecule has 1 fully saturated rings. The lowest BCUT2D eigenvalue weighted by Gasteiger charge is -2.26. The highest BCUT2D eigenvalue weighted by Crippen LogP contribution is 2.32. The van der Waals surface area contributed by atoms with Crippen LogP contribution in [0.2, 0.25) is 10.0 Å². The van der Waals surface area contributed by atoms with Crippen molar-refractivity contribution in [3.05, 3.63) is 57.3 Å². The first kappa shape index (κ1) is 21.8. The van der Waals surface area contributed by atoms with Gasteiger partial charge in [-0.05, 0) is 24.3 Å². The van der Waals surface area contributed by atoms with Crippen molar-refractivity contribution in [2.24, 2.45) is 0 Å². The number of anilines is 1. The van der Waals surface area contributed by atoms with Crippen molar-refractivity contribution >= 4 is 44.8 Å². The molecule has 1 N–H and O–H groups in total. The van der Waals surface area contributed by atoms with E-state index >= 15 is 0 Å². The van der Waals surface area contributed by atoms with E-state index in [4.69, 9.17) is 27.9 Å². The third kappa shape index (κ3) is 4.36. The molecule has 0 aromatic heterocycles. The van der Waals surface area contributed by atoms with Crippen molar-refractivity contribution in [2.75, 3.05) is 31.6 Å². The summed E-state index contributed by atoms with van der Waals surface area (Å²) in [6.07, 6.45) is 0. The van der Waals surface area contributed by atoms with E-state index in [9.17, 15) is 26.4 Å². The number of rotatable bonds is 4. The topological polar surface area (TPSA) is 75.7 Å². The third-order valence-electron chi connectivity index (χ3n) is 4.14. The van der Waals surface area contributed by atoms with Gasteiger partial charge in [0.2, 0.25) is 10.0 Å². The molecule has 0 radical (unpaired) electrons. The molecule has 0 unspecified atom stereocenters. The van der Waals surface area contributed by atoms with Crippen molar-refractivity contribution in [2.45, 2.75) is 4.90 Å². The fraction of sp³-hybridized carbons (Fsp3) is 0.235. The summed E-state index contributed by atoms with van der Waals surface area (Å²) >= 11 is 12.0. The average molecular weight is 469 g/mol. The quantitative estimate of drug-likeness (QED) is 0.694. The molecule has 0 bridgehead atoms. The van der Waals surface area contributed by atoms with E-state index in [-0.39, 0.29) is 46.8 Å². The second-order valence-electron chi connectivity index (χ2n) is 5.96. The predicted molar refractivity (Wildman–Crippen MR) is 100 cm³/mol. The van der Waals surface area contributed by atoms with Gasteiger partial charge in [-0.25, -0.2) is 21.6 Å². The Labute approximate surface area is 174 Å². The number of hydrogen-bond acceptors (Lipinski definition) is 4. The second kappa shape index (κ2) is 8.49. The van der Waals surface area contributed by atoms with E-state index in [2.05, 4.69) is 0 Å². The first-order valence-corrected chi connectivity index (χ1v) is 10.3. The van der Waals surface area contributed by atoms with Crippen LogP contribution in [0.5, 0.6) is 0 Å². The number of amides is 1. The van der Waals surface area contributed by atoms with Crippen LogP contribution in [-0.4, -0.2) is 44.9 Å². The van der Waals surface area contributed by atoms with E-state index in [1.54, 1.807) is 0 Å². The van der Waals surface area contributed by atoms with Crippen LogP contribution < -0.4 is 5.32 Å². The number of halogens is 5. The fourth-order valence-electron chi connectivity index (χ4n) is 2.64. The fourth-order valence-corrected chi connectivity index (χ4v) is 4.88. The SMILES string of the molecule is O=C(Nc1ccc(F)c(F)c1F)c1cc(S(=O)(=O)N2CCOCC2)c(Cl)cc1Cl. The Morgan fingerprint density at radius 1 is 1.03 bits per heavy atom. The van der Waals surface area contributed by atoms with Gasteiger partial charge in [0.05, 0.1) is 34.5 Å². The number of nitrogens with one attached hydrogen (secondary N) is 1. The molecule has 1 aliphatic rings. The number of sulfonamides is 1. The molecule has 0 atom stereocenters. The van der Waals surface area contributed by atoms with Gasteiger partial charge in [0.15, 0.2) is 17.5 Å². The standard InChI is InChI=1S/C17H13Cl2F3N2O4S/c18-10-8-11(19)14(29(26,27)24-3-5-28-6-4-24)7-9(10)17(25)23-13-2-1-12(20)15(21)16(13)22/h1-2,7-8H,3-6H2,(H,23,25). The Balaban J connectivity index is 1.97. The predicted octanol–water partition coefficient (Wildman–Crippen LogP) is 3.68. The molecule has 156 valence electrons. The molecule has 3 rings (SSSR count). The first-order valence-electron chi connectivity index (χ1n) is 8.14. The van der Waals surface area contributed by atoms with Crippen LogP contribution in [-0.2, 0) is 14.8 Å². The van der Waals surface area contributed by atoms with Crippen LogP contribution in [0.4, 0.5) is 18.9 Å². The summed E-state index contributed by atoms with van der Waals surface area (Å²) in [5.74, 6) is -5.83. The van der Waals surface area contributed by atoms with Gasteiger partial charge in [-0.3, -0.25) is 4.79 Å². The summed E-state index contributed by atoms with van der Waals surface area (Å²) in [7, 11) is -4.06. The highest BCUT2D eigenvalue weighted by Gasteiger charge is 2.30. The van der Waals surface area contributed by atoms with Gasteiger partial charge in [-0.1, -0.05) is 23.2 Å². The molecule has 2 aromatic rings. The van der Waals surface area contributed by atoms with Crippen LogP contribution in [0.25, 0.3) is 0 Å². The van der Waals surface area contributed by atoms with Crippen LogP contribution in [0.15, 0.2) is 29.2 Å². The van der Waals surface area contributed by atoms with E-state index < -0.39 is 39.1 Å². The highest BCUT2D eigenvalue weighted by molar-refractivity contribution is 7.89. The highest BCUT2D eigenvalue weighted by atomic mass is 35.5. The summed E-state index contributed by atoms with van der Waals surface area (Å²) in [4.78, 5) is 12.1. The van der Waals surface area contributed by atoms with Gasteiger partial charge in [0.25, 0.3) is 5.91 Å². The number of morpholine rings is 1. The molecule has 0 saturated carbocycles. The zero-order valence-corrected chi connectivity index (χ0v) is 16.8. The van der Waals surface area contributed by atoms with Crippen LogP contribution in [0, 0.1) is 17.5 Å². The summed E-state index contributed by atoms with van der Waals surface area (Å²) in [5.41, 5.74) is -0.982. The molecule has 1 aliphatic heterocycles. The van der Waals surface area contributed by atoms with Crippen LogP contribution in [0.3, 0.4) is 0 Å². The van der Waals surface area contributed by atoms with Gasteiger partial charge in [0, 0.05) is 13.1 Å². The first-order chi connectivity index (χ1) is 13.6. The summed E-state index contributed by atoms with van der Waals surface area (Å²) in [6.45, 7) is 0.603. The zero-order chi connectivity index (χ0) is 21.3. The molecular weight excluding hydrogens is 456 g/mol. The zero-order valence-electron chi connectivity index (χ0n) is 14.5. The number of nitrogens with zero attached hydrogens (tertiary/aromatic N) is 1. The smallest absolute Gasteiger partial charge is 0.257 e. The number of carbonyl (C=O) groups excluding carboxylic acids is 1. The van der Waals surface area contributed by atoms with E-state index in [0.29, 0.717) is 6.07 Å². The lowest BCUT2D eigenvalue weighted by atomic mass is 10.2. The largest absolute Gasteiger partial charge is 0.379 e. The minimum atomic E-state index is -4.06. The Bertz CT molecular complexity index is 1080. The molecule has 6 nitrogen and oxygen atoms in total. The van der Waals surface area contributed by atoms with Crippen molar-refractivity contribution in [1.82, 2.24) is 4.31 Å².